The molecular formula is C14H9BrINO3S. The molecule has 0 N–H and O–H groups in total. The molecule has 2 rings (SSSR count). The van der Waals surface area contributed by atoms with Crippen LogP contribution in [-0.2, 0) is 4.79 Å². The molecule has 0 aliphatic carbocycles. The predicted molar refractivity (Wildman–Crippen MR) is 94.9 cm³/mol. The van der Waals surface area contributed by atoms with E-state index >= 15 is 0 Å². The summed E-state index contributed by atoms with van der Waals surface area (Å²) >= 11 is 6.48. The summed E-state index contributed by atoms with van der Waals surface area (Å²) in [7, 11) is 1.47. The summed E-state index contributed by atoms with van der Waals surface area (Å²) in [4.78, 5) is 24.8. The molecule has 1 aromatic carbocycles. The van der Waals surface area contributed by atoms with Crippen LogP contribution in [0.2, 0.25) is 0 Å². The lowest BCUT2D eigenvalue weighted by Crippen LogP contribution is -2.22. The number of terminal acetylenes is 1. The first-order valence-electron chi connectivity index (χ1n) is 5.71. The highest BCUT2D eigenvalue weighted by Crippen LogP contribution is 2.35. The molecule has 7 heteroatoms. The average molecular weight is 478 g/mol. The van der Waals surface area contributed by atoms with Crippen molar-refractivity contribution < 1.29 is 14.3 Å². The molecule has 1 aliphatic heterocycles. The number of carbonyl (C=O) groups excluding carboxylic acids is 2. The fourth-order valence-electron chi connectivity index (χ4n) is 1.61. The third-order valence-electron chi connectivity index (χ3n) is 2.60. The van der Waals surface area contributed by atoms with Crippen molar-refractivity contribution in [2.45, 2.75) is 0 Å². The highest BCUT2D eigenvalue weighted by atomic mass is 127. The van der Waals surface area contributed by atoms with E-state index in [1.807, 2.05) is 12.1 Å². The Bertz CT molecular complexity index is 673. The number of rotatable bonds is 3. The van der Waals surface area contributed by atoms with Crippen molar-refractivity contribution >= 4 is 67.5 Å². The number of imide groups is 1. The zero-order valence-corrected chi connectivity index (χ0v) is 15.4. The molecule has 1 heterocycles. The number of benzene rings is 1. The van der Waals surface area contributed by atoms with Gasteiger partial charge < -0.3 is 4.74 Å². The van der Waals surface area contributed by atoms with Crippen molar-refractivity contribution in [3.05, 3.63) is 30.6 Å². The van der Waals surface area contributed by atoms with Gasteiger partial charge in [-0.25, -0.2) is 0 Å². The summed E-state index contributed by atoms with van der Waals surface area (Å²) in [5, 5.41) is -0.269. The lowest BCUT2D eigenvalue weighted by atomic mass is 10.2. The van der Waals surface area contributed by atoms with Crippen LogP contribution in [0.1, 0.15) is 5.56 Å². The van der Waals surface area contributed by atoms with Crippen molar-refractivity contribution in [1.29, 1.82) is 0 Å². The number of hydrogen-bond donors (Lipinski definition) is 0. The average Bonchev–Trinajstić information content (AvgIpc) is 2.65. The predicted octanol–water partition coefficient (Wildman–Crippen LogP) is 3.73. The molecule has 108 valence electrons. The Balaban J connectivity index is 2.33. The van der Waals surface area contributed by atoms with E-state index in [-0.39, 0.29) is 17.8 Å². The number of ether oxygens (including phenoxy) is 1. The molecule has 1 aromatic rings. The quantitative estimate of drug-likeness (QED) is 0.378. The minimum absolute atomic E-state index is 0.183. The smallest absolute Gasteiger partial charge is 0.293 e. The van der Waals surface area contributed by atoms with Gasteiger partial charge in [0, 0.05) is 7.05 Å². The van der Waals surface area contributed by atoms with Gasteiger partial charge >= 0.3 is 0 Å². The van der Waals surface area contributed by atoms with Gasteiger partial charge in [0.05, 0.1) is 12.9 Å². The van der Waals surface area contributed by atoms with Gasteiger partial charge in [0.25, 0.3) is 11.1 Å². The summed E-state index contributed by atoms with van der Waals surface area (Å²) in [6.07, 6.45) is 6.86. The Kier molecular flexibility index (Phi) is 5.35. The monoisotopic (exact) mass is 477 g/mol. The second kappa shape index (κ2) is 6.85. The van der Waals surface area contributed by atoms with E-state index in [2.05, 4.69) is 44.4 Å². The van der Waals surface area contributed by atoms with Crippen LogP contribution >= 0.6 is 50.3 Å². The second-order valence-electron chi connectivity index (χ2n) is 4.05. The van der Waals surface area contributed by atoms with Crippen molar-refractivity contribution in [3.8, 4) is 18.1 Å². The zero-order valence-electron chi connectivity index (χ0n) is 10.9. The maximum absolute atomic E-state index is 11.9. The highest BCUT2D eigenvalue weighted by Gasteiger charge is 2.31. The minimum atomic E-state index is -0.288. The van der Waals surface area contributed by atoms with E-state index < -0.39 is 0 Å². The molecule has 1 saturated heterocycles. The molecule has 0 radical (unpaired) electrons. The van der Waals surface area contributed by atoms with E-state index in [0.717, 1.165) is 30.3 Å². The third kappa shape index (κ3) is 3.62. The van der Waals surface area contributed by atoms with Gasteiger partial charge in [-0.2, -0.15) is 0 Å². The van der Waals surface area contributed by atoms with Crippen LogP contribution in [0.3, 0.4) is 0 Å². The molecule has 0 saturated carbocycles. The van der Waals surface area contributed by atoms with Gasteiger partial charge in [-0.3, -0.25) is 14.5 Å². The molecule has 1 aliphatic rings. The molecule has 0 bridgehead atoms. The van der Waals surface area contributed by atoms with Crippen molar-refractivity contribution in [1.82, 2.24) is 4.90 Å². The van der Waals surface area contributed by atoms with Gasteiger partial charge in [-0.05, 0) is 74.1 Å². The number of halogens is 2. The molecule has 0 unspecified atom stereocenters. The van der Waals surface area contributed by atoms with E-state index in [1.54, 1.807) is 6.08 Å². The number of nitrogens with zero attached hydrogens (tertiary/aromatic N) is 1. The number of hydrogen-bond acceptors (Lipinski definition) is 4. The van der Waals surface area contributed by atoms with Crippen LogP contribution in [0.15, 0.2) is 21.5 Å². The molecular weight excluding hydrogens is 469 g/mol. The van der Waals surface area contributed by atoms with Crippen LogP contribution < -0.4 is 4.74 Å². The maximum Gasteiger partial charge on any atom is 0.293 e. The van der Waals surface area contributed by atoms with E-state index in [9.17, 15) is 9.59 Å². The SMILES string of the molecule is C#CCOc1c(Br)cc(/C=C2\SC(=O)N(C)C2=O)cc1I. The highest BCUT2D eigenvalue weighted by molar-refractivity contribution is 14.1. The molecule has 2 amide bonds. The van der Waals surface area contributed by atoms with Crippen LogP contribution in [0.5, 0.6) is 5.75 Å². The molecule has 0 spiro atoms. The van der Waals surface area contributed by atoms with Crippen LogP contribution in [0, 0.1) is 15.9 Å². The van der Waals surface area contributed by atoms with E-state index in [1.165, 1.54) is 7.05 Å². The van der Waals surface area contributed by atoms with Crippen molar-refractivity contribution in [3.63, 3.8) is 0 Å². The van der Waals surface area contributed by atoms with E-state index in [0.29, 0.717) is 10.7 Å². The fraction of sp³-hybridized carbons (Fsp3) is 0.143. The topological polar surface area (TPSA) is 46.6 Å². The fourth-order valence-corrected chi connectivity index (χ4v) is 4.21. The Hall–Kier alpha value is -0.980. The lowest BCUT2D eigenvalue weighted by Gasteiger charge is -2.09. The van der Waals surface area contributed by atoms with Crippen molar-refractivity contribution in [2.24, 2.45) is 0 Å². The number of likely N-dealkylation sites (N-methyl/N-ethyl adjacent to an activating group) is 1. The first-order chi connectivity index (χ1) is 9.93. The Morgan fingerprint density at radius 2 is 2.24 bits per heavy atom. The van der Waals surface area contributed by atoms with Gasteiger partial charge in [0.15, 0.2) is 0 Å². The number of amides is 2. The van der Waals surface area contributed by atoms with Gasteiger partial charge in [-0.1, -0.05) is 5.92 Å². The standard InChI is InChI=1S/C14H9BrINO3S/c1-3-4-20-12-9(15)5-8(6-10(12)16)7-11-13(18)17(2)14(19)21-11/h1,5-7H,4H2,2H3/b11-7-. The number of thioether (sulfide) groups is 1. The minimum Gasteiger partial charge on any atom is -0.479 e. The van der Waals surface area contributed by atoms with Gasteiger partial charge in [0.1, 0.15) is 12.4 Å². The summed E-state index contributed by atoms with van der Waals surface area (Å²) in [6.45, 7) is 0.183. The zero-order chi connectivity index (χ0) is 15.6. The van der Waals surface area contributed by atoms with Crippen LogP contribution in [-0.4, -0.2) is 29.7 Å². The normalized spacial score (nSPS) is 16.5. The lowest BCUT2D eigenvalue weighted by molar-refractivity contribution is -0.121. The number of carbonyl (C=O) groups is 2. The molecule has 4 nitrogen and oxygen atoms in total. The maximum atomic E-state index is 11.9. The summed E-state index contributed by atoms with van der Waals surface area (Å²) in [6, 6.07) is 3.68. The Morgan fingerprint density at radius 1 is 1.52 bits per heavy atom. The first kappa shape index (κ1) is 16.4. The summed E-state index contributed by atoms with van der Waals surface area (Å²) in [5.74, 6) is 2.78. The first-order valence-corrected chi connectivity index (χ1v) is 8.39. The third-order valence-corrected chi connectivity index (χ3v) is 4.96. The largest absolute Gasteiger partial charge is 0.479 e. The molecule has 0 atom stereocenters. The van der Waals surface area contributed by atoms with Crippen LogP contribution in [0.25, 0.3) is 6.08 Å². The van der Waals surface area contributed by atoms with Crippen molar-refractivity contribution in [2.75, 3.05) is 13.7 Å². The summed E-state index contributed by atoms with van der Waals surface area (Å²) in [5.41, 5.74) is 0.804. The Morgan fingerprint density at radius 3 is 2.76 bits per heavy atom. The molecule has 1 fully saturated rings. The molecule has 21 heavy (non-hydrogen) atoms. The van der Waals surface area contributed by atoms with Gasteiger partial charge in [-0.15, -0.1) is 6.42 Å². The van der Waals surface area contributed by atoms with Crippen LogP contribution in [0.4, 0.5) is 4.79 Å². The van der Waals surface area contributed by atoms with Gasteiger partial charge in [0.2, 0.25) is 0 Å². The molecule has 0 aromatic heterocycles. The second-order valence-corrected chi connectivity index (χ2v) is 7.06. The Labute approximate surface area is 148 Å². The summed E-state index contributed by atoms with van der Waals surface area (Å²) < 4.78 is 7.05. The van der Waals surface area contributed by atoms with E-state index in [4.69, 9.17) is 11.2 Å².